The largest absolute Gasteiger partial charge is 0.313 e. The van der Waals surface area contributed by atoms with Crippen molar-refractivity contribution in [3.8, 4) is 0 Å². The SMILES string of the molecule is CCNC(CCCS(=O)(=O)CC)CSc1ccccc1Cl. The highest BCUT2D eigenvalue weighted by molar-refractivity contribution is 7.99. The van der Waals surface area contributed by atoms with E-state index in [0.29, 0.717) is 12.5 Å². The molecular formula is C15H24ClNO2S2. The maximum Gasteiger partial charge on any atom is 0.150 e. The summed E-state index contributed by atoms with van der Waals surface area (Å²) < 4.78 is 23.0. The standard InChI is InChI=1S/C15H24ClNO2S2/c1-3-17-13(8-7-11-21(18,19)4-2)12-20-15-10-6-5-9-14(15)16/h5-6,9-10,13,17H,3-4,7-8,11-12H2,1-2H3. The first kappa shape index (κ1) is 18.8. The molecule has 1 atom stereocenters. The van der Waals surface area contributed by atoms with Crippen LogP contribution in [0.4, 0.5) is 0 Å². The van der Waals surface area contributed by atoms with Gasteiger partial charge in [-0.15, -0.1) is 11.8 Å². The summed E-state index contributed by atoms with van der Waals surface area (Å²) in [6.07, 6.45) is 1.57. The molecule has 0 aliphatic rings. The average Bonchev–Trinajstić information content (AvgIpc) is 2.46. The molecule has 0 aliphatic heterocycles. The first-order chi connectivity index (χ1) is 9.98. The van der Waals surface area contributed by atoms with E-state index in [-0.39, 0.29) is 11.5 Å². The molecule has 0 amide bonds. The average molecular weight is 350 g/mol. The topological polar surface area (TPSA) is 46.2 Å². The summed E-state index contributed by atoms with van der Waals surface area (Å²) in [5.41, 5.74) is 0. The predicted octanol–water partition coefficient (Wildman–Crippen LogP) is 3.63. The van der Waals surface area contributed by atoms with Crippen LogP contribution >= 0.6 is 23.4 Å². The van der Waals surface area contributed by atoms with Crippen molar-refractivity contribution in [2.24, 2.45) is 0 Å². The van der Waals surface area contributed by atoms with Crippen LogP contribution in [0.25, 0.3) is 0 Å². The van der Waals surface area contributed by atoms with Crippen LogP contribution in [0.5, 0.6) is 0 Å². The molecule has 1 unspecified atom stereocenters. The second kappa shape index (κ2) is 9.72. The van der Waals surface area contributed by atoms with Crippen LogP contribution in [-0.4, -0.2) is 38.3 Å². The lowest BCUT2D eigenvalue weighted by Crippen LogP contribution is -2.31. The summed E-state index contributed by atoms with van der Waals surface area (Å²) in [5, 5.41) is 4.19. The van der Waals surface area contributed by atoms with Gasteiger partial charge in [-0.3, -0.25) is 0 Å². The molecule has 0 heterocycles. The lowest BCUT2D eigenvalue weighted by atomic mass is 10.2. The van der Waals surface area contributed by atoms with Crippen LogP contribution in [0.15, 0.2) is 29.2 Å². The van der Waals surface area contributed by atoms with E-state index >= 15 is 0 Å². The molecule has 0 aromatic heterocycles. The number of halogens is 1. The molecule has 1 aromatic carbocycles. The molecule has 6 heteroatoms. The third kappa shape index (κ3) is 7.54. The summed E-state index contributed by atoms with van der Waals surface area (Å²) in [5.74, 6) is 1.40. The van der Waals surface area contributed by atoms with E-state index in [2.05, 4.69) is 12.2 Å². The molecule has 120 valence electrons. The molecule has 0 bridgehead atoms. The summed E-state index contributed by atoms with van der Waals surface area (Å²) in [6, 6.07) is 8.11. The van der Waals surface area contributed by atoms with E-state index in [9.17, 15) is 8.42 Å². The fourth-order valence-corrected chi connectivity index (χ4v) is 4.22. The van der Waals surface area contributed by atoms with E-state index in [1.165, 1.54) is 0 Å². The van der Waals surface area contributed by atoms with E-state index in [4.69, 9.17) is 11.6 Å². The number of hydrogen-bond acceptors (Lipinski definition) is 4. The van der Waals surface area contributed by atoms with E-state index in [1.807, 2.05) is 24.3 Å². The molecule has 3 nitrogen and oxygen atoms in total. The zero-order valence-electron chi connectivity index (χ0n) is 12.6. The maximum absolute atomic E-state index is 11.5. The summed E-state index contributed by atoms with van der Waals surface area (Å²) in [4.78, 5) is 1.07. The molecule has 0 fully saturated rings. The number of nitrogens with one attached hydrogen (secondary N) is 1. The first-order valence-electron chi connectivity index (χ1n) is 7.29. The van der Waals surface area contributed by atoms with E-state index < -0.39 is 9.84 Å². The monoisotopic (exact) mass is 349 g/mol. The Morgan fingerprint density at radius 1 is 1.29 bits per heavy atom. The highest BCUT2D eigenvalue weighted by atomic mass is 35.5. The third-order valence-electron chi connectivity index (χ3n) is 3.22. The van der Waals surface area contributed by atoms with Crippen LogP contribution in [0.1, 0.15) is 26.7 Å². The minimum atomic E-state index is -2.86. The zero-order valence-corrected chi connectivity index (χ0v) is 15.0. The summed E-state index contributed by atoms with van der Waals surface area (Å²) in [7, 11) is -2.86. The minimum absolute atomic E-state index is 0.229. The van der Waals surface area contributed by atoms with Gasteiger partial charge in [0.1, 0.15) is 9.84 Å². The van der Waals surface area contributed by atoms with Gasteiger partial charge in [-0.1, -0.05) is 37.6 Å². The Labute approximate surface area is 137 Å². The fourth-order valence-electron chi connectivity index (χ4n) is 1.98. The molecule has 0 radical (unpaired) electrons. The Kier molecular flexibility index (Phi) is 8.71. The predicted molar refractivity (Wildman–Crippen MR) is 93.2 cm³/mol. The van der Waals surface area contributed by atoms with Crippen molar-refractivity contribution in [2.75, 3.05) is 23.8 Å². The minimum Gasteiger partial charge on any atom is -0.313 e. The number of hydrogen-bond donors (Lipinski definition) is 1. The molecule has 0 aliphatic carbocycles. The Balaban J connectivity index is 2.45. The quantitative estimate of drug-likeness (QED) is 0.655. The Bertz CT molecular complexity index is 520. The molecule has 0 saturated heterocycles. The lowest BCUT2D eigenvalue weighted by molar-refractivity contribution is 0.527. The number of thioether (sulfide) groups is 1. The molecular weight excluding hydrogens is 326 g/mol. The van der Waals surface area contributed by atoms with Gasteiger partial charge in [0.2, 0.25) is 0 Å². The fraction of sp³-hybridized carbons (Fsp3) is 0.600. The molecule has 21 heavy (non-hydrogen) atoms. The lowest BCUT2D eigenvalue weighted by Gasteiger charge is -2.17. The molecule has 0 saturated carbocycles. The van der Waals surface area contributed by atoms with Crippen LogP contribution in [0.3, 0.4) is 0 Å². The second-order valence-electron chi connectivity index (χ2n) is 4.87. The van der Waals surface area contributed by atoms with Crippen molar-refractivity contribution < 1.29 is 8.42 Å². The van der Waals surface area contributed by atoms with Gasteiger partial charge < -0.3 is 5.32 Å². The Morgan fingerprint density at radius 2 is 2.00 bits per heavy atom. The first-order valence-corrected chi connectivity index (χ1v) is 10.5. The van der Waals surface area contributed by atoms with Gasteiger partial charge in [-0.2, -0.15) is 0 Å². The number of sulfone groups is 1. The Hall–Kier alpha value is -0.230. The van der Waals surface area contributed by atoms with Gasteiger partial charge in [-0.25, -0.2) is 8.42 Å². The van der Waals surface area contributed by atoms with Gasteiger partial charge in [0.25, 0.3) is 0 Å². The van der Waals surface area contributed by atoms with Crippen molar-refractivity contribution in [1.82, 2.24) is 5.32 Å². The van der Waals surface area contributed by atoms with Crippen molar-refractivity contribution in [3.63, 3.8) is 0 Å². The summed E-state index contributed by atoms with van der Waals surface area (Å²) in [6.45, 7) is 4.65. The number of rotatable bonds is 10. The van der Waals surface area contributed by atoms with E-state index in [1.54, 1.807) is 18.7 Å². The van der Waals surface area contributed by atoms with Crippen LogP contribution in [0, 0.1) is 0 Å². The second-order valence-corrected chi connectivity index (χ2v) is 8.82. The highest BCUT2D eigenvalue weighted by Gasteiger charge is 2.12. The molecule has 1 N–H and O–H groups in total. The van der Waals surface area contributed by atoms with Gasteiger partial charge in [0.15, 0.2) is 0 Å². The maximum atomic E-state index is 11.5. The van der Waals surface area contributed by atoms with Crippen molar-refractivity contribution in [3.05, 3.63) is 29.3 Å². The van der Waals surface area contributed by atoms with Crippen molar-refractivity contribution in [2.45, 2.75) is 37.6 Å². The van der Waals surface area contributed by atoms with Crippen molar-refractivity contribution >= 4 is 33.2 Å². The number of benzene rings is 1. The smallest absolute Gasteiger partial charge is 0.150 e. The highest BCUT2D eigenvalue weighted by Crippen LogP contribution is 2.27. The Morgan fingerprint density at radius 3 is 2.62 bits per heavy atom. The van der Waals surface area contributed by atoms with Crippen molar-refractivity contribution in [1.29, 1.82) is 0 Å². The van der Waals surface area contributed by atoms with Gasteiger partial charge in [0.05, 0.1) is 10.8 Å². The van der Waals surface area contributed by atoms with Crippen LogP contribution < -0.4 is 5.32 Å². The molecule has 1 aromatic rings. The van der Waals surface area contributed by atoms with Gasteiger partial charge >= 0.3 is 0 Å². The third-order valence-corrected chi connectivity index (χ3v) is 6.69. The molecule has 1 rings (SSSR count). The van der Waals surface area contributed by atoms with Gasteiger partial charge in [0, 0.05) is 22.4 Å². The van der Waals surface area contributed by atoms with E-state index in [0.717, 1.165) is 28.6 Å². The van der Waals surface area contributed by atoms with Crippen LogP contribution in [0.2, 0.25) is 5.02 Å². The summed E-state index contributed by atoms with van der Waals surface area (Å²) >= 11 is 7.86. The normalized spacial score (nSPS) is 13.3. The van der Waals surface area contributed by atoms with Gasteiger partial charge in [-0.05, 0) is 31.5 Å². The molecule has 0 spiro atoms. The van der Waals surface area contributed by atoms with Crippen LogP contribution in [-0.2, 0) is 9.84 Å². The zero-order chi connectivity index (χ0) is 15.7.